The number of aryl methyl sites for hydroxylation is 2. The molecule has 3 rings (SSSR count). The summed E-state index contributed by atoms with van der Waals surface area (Å²) in [5.41, 5.74) is 2.82. The van der Waals surface area contributed by atoms with Crippen molar-refractivity contribution in [2.75, 3.05) is 26.2 Å². The van der Waals surface area contributed by atoms with E-state index in [0.717, 1.165) is 22.6 Å². The van der Waals surface area contributed by atoms with Crippen LogP contribution in [0.5, 0.6) is 0 Å². The van der Waals surface area contributed by atoms with E-state index in [9.17, 15) is 8.42 Å². The van der Waals surface area contributed by atoms with Gasteiger partial charge in [0.1, 0.15) is 0 Å². The third-order valence-corrected chi connectivity index (χ3v) is 6.89. The number of nitrogens with zero attached hydrogens (tertiary/aromatic N) is 3. The molecule has 1 saturated heterocycles. The van der Waals surface area contributed by atoms with Gasteiger partial charge in [-0.1, -0.05) is 36.7 Å². The molecule has 0 unspecified atom stereocenters. The molecule has 142 valence electrons. The van der Waals surface area contributed by atoms with Gasteiger partial charge < -0.3 is 4.52 Å². The van der Waals surface area contributed by atoms with Gasteiger partial charge in [0.2, 0.25) is 10.0 Å². The van der Waals surface area contributed by atoms with Gasteiger partial charge in [-0.2, -0.15) is 4.31 Å². The third kappa shape index (κ3) is 4.00. The van der Waals surface area contributed by atoms with Gasteiger partial charge in [0, 0.05) is 32.2 Å². The molecule has 0 spiro atoms. The summed E-state index contributed by atoms with van der Waals surface area (Å²) in [6.45, 7) is 11.0. The fourth-order valence-corrected chi connectivity index (χ4v) is 4.88. The standard InChI is InChI=1S/C19H27N3O3S/c1-14(2)18-12-17(25-20-18)13-21-7-9-22(10-8-21)26(23,24)19-6-5-15(3)11-16(19)4/h5-6,11-12,14H,7-10,13H2,1-4H3. The lowest BCUT2D eigenvalue weighted by atomic mass is 10.1. The van der Waals surface area contributed by atoms with Gasteiger partial charge in [-0.05, 0) is 31.4 Å². The van der Waals surface area contributed by atoms with Crippen LogP contribution < -0.4 is 0 Å². The lowest BCUT2D eigenvalue weighted by Gasteiger charge is -2.33. The molecule has 6 nitrogen and oxygen atoms in total. The highest BCUT2D eigenvalue weighted by Crippen LogP contribution is 2.23. The highest BCUT2D eigenvalue weighted by atomic mass is 32.2. The van der Waals surface area contributed by atoms with Crippen molar-refractivity contribution in [3.63, 3.8) is 0 Å². The number of aromatic nitrogens is 1. The first-order chi connectivity index (χ1) is 12.3. The van der Waals surface area contributed by atoms with Crippen molar-refractivity contribution in [1.29, 1.82) is 0 Å². The first-order valence-electron chi connectivity index (χ1n) is 9.02. The van der Waals surface area contributed by atoms with E-state index in [4.69, 9.17) is 4.52 Å². The number of hydrogen-bond donors (Lipinski definition) is 0. The average Bonchev–Trinajstić information content (AvgIpc) is 3.04. The lowest BCUT2D eigenvalue weighted by molar-refractivity contribution is 0.166. The largest absolute Gasteiger partial charge is 0.360 e. The van der Waals surface area contributed by atoms with Crippen molar-refractivity contribution in [3.05, 3.63) is 46.8 Å². The van der Waals surface area contributed by atoms with Gasteiger partial charge in [0.15, 0.2) is 5.76 Å². The van der Waals surface area contributed by atoms with Crippen LogP contribution >= 0.6 is 0 Å². The molecule has 0 atom stereocenters. The molecule has 0 bridgehead atoms. The van der Waals surface area contributed by atoms with E-state index < -0.39 is 10.0 Å². The summed E-state index contributed by atoms with van der Waals surface area (Å²) in [6, 6.07) is 7.48. The predicted molar refractivity (Wildman–Crippen MR) is 101 cm³/mol. The van der Waals surface area contributed by atoms with Gasteiger partial charge in [0.05, 0.1) is 17.1 Å². The van der Waals surface area contributed by atoms with E-state index in [0.29, 0.717) is 43.5 Å². The van der Waals surface area contributed by atoms with Gasteiger partial charge in [-0.3, -0.25) is 4.90 Å². The minimum absolute atomic E-state index is 0.340. The summed E-state index contributed by atoms with van der Waals surface area (Å²) in [7, 11) is -3.44. The summed E-state index contributed by atoms with van der Waals surface area (Å²) in [5, 5.41) is 4.08. The molecule has 0 amide bonds. The Morgan fingerprint density at radius 1 is 1.12 bits per heavy atom. The van der Waals surface area contributed by atoms with Crippen LogP contribution in [0.3, 0.4) is 0 Å². The number of benzene rings is 1. The van der Waals surface area contributed by atoms with Gasteiger partial charge in [-0.15, -0.1) is 0 Å². The molecule has 1 aromatic heterocycles. The van der Waals surface area contributed by atoms with Crippen LogP contribution in [-0.4, -0.2) is 49.0 Å². The normalized spacial score (nSPS) is 17.1. The first-order valence-corrected chi connectivity index (χ1v) is 10.5. The second-order valence-corrected chi connectivity index (χ2v) is 9.23. The maximum Gasteiger partial charge on any atom is 0.243 e. The molecule has 2 heterocycles. The molecular formula is C19H27N3O3S. The third-order valence-electron chi connectivity index (χ3n) is 4.83. The second kappa shape index (κ2) is 7.50. The zero-order valence-electron chi connectivity index (χ0n) is 15.9. The molecule has 0 radical (unpaired) electrons. The summed E-state index contributed by atoms with van der Waals surface area (Å²) in [6.07, 6.45) is 0. The number of piperazine rings is 1. The van der Waals surface area contributed by atoms with E-state index in [1.807, 2.05) is 32.0 Å². The molecule has 1 aromatic carbocycles. The van der Waals surface area contributed by atoms with Crippen LogP contribution in [0.25, 0.3) is 0 Å². The Morgan fingerprint density at radius 3 is 2.38 bits per heavy atom. The van der Waals surface area contributed by atoms with E-state index >= 15 is 0 Å². The van der Waals surface area contributed by atoms with Crippen LogP contribution in [0.15, 0.2) is 33.7 Å². The fraction of sp³-hybridized carbons (Fsp3) is 0.526. The molecule has 0 aliphatic carbocycles. The smallest absolute Gasteiger partial charge is 0.243 e. The van der Waals surface area contributed by atoms with Crippen molar-refractivity contribution < 1.29 is 12.9 Å². The van der Waals surface area contributed by atoms with Gasteiger partial charge >= 0.3 is 0 Å². The number of sulfonamides is 1. The second-order valence-electron chi connectivity index (χ2n) is 7.32. The van der Waals surface area contributed by atoms with Crippen LogP contribution in [0, 0.1) is 13.8 Å². The Kier molecular flexibility index (Phi) is 5.50. The summed E-state index contributed by atoms with van der Waals surface area (Å²) in [5.74, 6) is 1.17. The predicted octanol–water partition coefficient (Wildman–Crippen LogP) is 2.92. The van der Waals surface area contributed by atoms with E-state index in [1.54, 1.807) is 10.4 Å². The molecule has 0 saturated carbocycles. The lowest BCUT2D eigenvalue weighted by Crippen LogP contribution is -2.48. The number of hydrogen-bond acceptors (Lipinski definition) is 5. The first kappa shape index (κ1) is 19.1. The van der Waals surface area contributed by atoms with E-state index in [2.05, 4.69) is 23.9 Å². The molecule has 1 fully saturated rings. The van der Waals surface area contributed by atoms with Crippen molar-refractivity contribution in [2.24, 2.45) is 0 Å². The average molecular weight is 378 g/mol. The summed E-state index contributed by atoms with van der Waals surface area (Å²) in [4.78, 5) is 2.62. The maximum atomic E-state index is 12.9. The molecule has 0 N–H and O–H groups in total. The van der Waals surface area contributed by atoms with Gasteiger partial charge in [0.25, 0.3) is 0 Å². The van der Waals surface area contributed by atoms with E-state index in [-0.39, 0.29) is 0 Å². The van der Waals surface area contributed by atoms with Crippen LogP contribution in [0.2, 0.25) is 0 Å². The highest BCUT2D eigenvalue weighted by molar-refractivity contribution is 7.89. The highest BCUT2D eigenvalue weighted by Gasteiger charge is 2.29. The topological polar surface area (TPSA) is 66.7 Å². The monoisotopic (exact) mass is 377 g/mol. The minimum atomic E-state index is -3.44. The van der Waals surface area contributed by atoms with Crippen molar-refractivity contribution >= 4 is 10.0 Å². The Balaban J connectivity index is 1.64. The Bertz CT molecular complexity index is 866. The Labute approximate surface area is 155 Å². The zero-order chi connectivity index (χ0) is 18.9. The molecular weight excluding hydrogens is 350 g/mol. The number of rotatable bonds is 5. The molecule has 1 aliphatic heterocycles. The minimum Gasteiger partial charge on any atom is -0.360 e. The van der Waals surface area contributed by atoms with Crippen molar-refractivity contribution in [3.8, 4) is 0 Å². The molecule has 2 aromatic rings. The maximum absolute atomic E-state index is 12.9. The SMILES string of the molecule is Cc1ccc(S(=O)(=O)N2CCN(Cc3cc(C(C)C)no3)CC2)c(C)c1. The van der Waals surface area contributed by atoms with Crippen LogP contribution in [0.4, 0.5) is 0 Å². The molecule has 7 heteroatoms. The van der Waals surface area contributed by atoms with E-state index in [1.165, 1.54) is 0 Å². The quantitative estimate of drug-likeness (QED) is 0.801. The van der Waals surface area contributed by atoms with Crippen molar-refractivity contribution in [1.82, 2.24) is 14.4 Å². The Hall–Kier alpha value is -1.70. The summed E-state index contributed by atoms with van der Waals surface area (Å²) < 4.78 is 32.9. The fourth-order valence-electron chi connectivity index (χ4n) is 3.25. The molecule has 26 heavy (non-hydrogen) atoms. The molecule has 1 aliphatic rings. The van der Waals surface area contributed by atoms with Gasteiger partial charge in [-0.25, -0.2) is 8.42 Å². The summed E-state index contributed by atoms with van der Waals surface area (Å²) >= 11 is 0. The van der Waals surface area contributed by atoms with Crippen LogP contribution in [-0.2, 0) is 16.6 Å². The zero-order valence-corrected chi connectivity index (χ0v) is 16.7. The van der Waals surface area contributed by atoms with Crippen molar-refractivity contribution in [2.45, 2.75) is 45.1 Å². The van der Waals surface area contributed by atoms with Crippen LogP contribution in [0.1, 0.15) is 42.3 Å². The Morgan fingerprint density at radius 2 is 1.81 bits per heavy atom.